The second-order valence-electron chi connectivity index (χ2n) is 4.15. The van der Waals surface area contributed by atoms with Gasteiger partial charge in [0.25, 0.3) is 0 Å². The molecule has 0 fully saturated rings. The van der Waals surface area contributed by atoms with Crippen molar-refractivity contribution in [2.75, 3.05) is 5.32 Å². The molecule has 0 saturated heterocycles. The quantitative estimate of drug-likeness (QED) is 0.800. The van der Waals surface area contributed by atoms with Crippen LogP contribution >= 0.6 is 22.9 Å². The van der Waals surface area contributed by atoms with Crippen LogP contribution < -0.4 is 5.32 Å². The van der Waals surface area contributed by atoms with E-state index >= 15 is 0 Å². The van der Waals surface area contributed by atoms with Gasteiger partial charge >= 0.3 is 0 Å². The number of hydrogen-bond acceptors (Lipinski definition) is 6. The van der Waals surface area contributed by atoms with E-state index in [0.717, 1.165) is 16.3 Å². The zero-order valence-electron chi connectivity index (χ0n) is 10.7. The van der Waals surface area contributed by atoms with E-state index in [0.29, 0.717) is 16.4 Å². The molecule has 0 unspecified atom stereocenters. The summed E-state index contributed by atoms with van der Waals surface area (Å²) in [6.07, 6.45) is 1.52. The van der Waals surface area contributed by atoms with Gasteiger partial charge in [-0.2, -0.15) is 5.26 Å². The molecule has 8 heteroatoms. The Hall–Kier alpha value is -2.43. The van der Waals surface area contributed by atoms with Crippen molar-refractivity contribution in [3.05, 3.63) is 51.4 Å². The summed E-state index contributed by atoms with van der Waals surface area (Å²) in [5, 5.41) is 23.7. The molecule has 104 valence electrons. The molecule has 1 N–H and O–H groups in total. The lowest BCUT2D eigenvalue weighted by Crippen LogP contribution is -2.01. The van der Waals surface area contributed by atoms with Crippen LogP contribution in [0.1, 0.15) is 9.75 Å². The van der Waals surface area contributed by atoms with Crippen molar-refractivity contribution < 1.29 is 0 Å². The van der Waals surface area contributed by atoms with E-state index in [-0.39, 0.29) is 0 Å². The second kappa shape index (κ2) is 5.91. The molecule has 0 bridgehead atoms. The molecule has 0 saturated carbocycles. The Bertz CT molecular complexity index is 789. The fourth-order valence-electron chi connectivity index (χ4n) is 1.79. The smallest absolute Gasteiger partial charge is 0.143 e. The number of anilines is 1. The van der Waals surface area contributed by atoms with E-state index in [4.69, 9.17) is 16.9 Å². The zero-order valence-corrected chi connectivity index (χ0v) is 12.3. The van der Waals surface area contributed by atoms with Crippen LogP contribution in [0.15, 0.2) is 36.7 Å². The minimum Gasteiger partial charge on any atom is -0.379 e. The summed E-state index contributed by atoms with van der Waals surface area (Å²) < 4.78 is 1.56. The van der Waals surface area contributed by atoms with Crippen LogP contribution in [-0.2, 0) is 6.54 Å². The fourth-order valence-corrected chi connectivity index (χ4v) is 2.72. The number of aromatic nitrogens is 4. The van der Waals surface area contributed by atoms with E-state index in [1.807, 2.05) is 18.2 Å². The number of nitriles is 1. The van der Waals surface area contributed by atoms with E-state index in [9.17, 15) is 0 Å². The van der Waals surface area contributed by atoms with Crippen LogP contribution in [0.25, 0.3) is 5.69 Å². The Morgan fingerprint density at radius 3 is 2.95 bits per heavy atom. The average Bonchev–Trinajstić information content (AvgIpc) is 3.18. The van der Waals surface area contributed by atoms with Gasteiger partial charge in [-0.1, -0.05) is 11.6 Å². The maximum absolute atomic E-state index is 8.82. The molecule has 0 atom stereocenters. The number of rotatable bonds is 4. The predicted octanol–water partition coefficient (Wildman–Crippen LogP) is 2.86. The van der Waals surface area contributed by atoms with E-state index < -0.39 is 0 Å². The lowest BCUT2D eigenvalue weighted by Gasteiger charge is -2.09. The Morgan fingerprint density at radius 1 is 1.33 bits per heavy atom. The molecule has 21 heavy (non-hydrogen) atoms. The van der Waals surface area contributed by atoms with E-state index in [1.54, 1.807) is 16.8 Å². The van der Waals surface area contributed by atoms with Crippen molar-refractivity contribution in [2.24, 2.45) is 0 Å². The normalized spacial score (nSPS) is 10.3. The van der Waals surface area contributed by atoms with Crippen molar-refractivity contribution in [1.29, 1.82) is 5.26 Å². The number of nitrogens with zero attached hydrogens (tertiary/aromatic N) is 5. The molecule has 6 nitrogen and oxygen atoms in total. The second-order valence-corrected chi connectivity index (χ2v) is 5.73. The first-order valence-electron chi connectivity index (χ1n) is 6.02. The molecule has 0 amide bonds. The summed E-state index contributed by atoms with van der Waals surface area (Å²) in [6, 6.07) is 11.4. The van der Waals surface area contributed by atoms with Crippen molar-refractivity contribution in [3.8, 4) is 11.8 Å². The third-order valence-corrected chi connectivity index (χ3v) is 4.11. The molecule has 0 aliphatic rings. The number of hydrogen-bond donors (Lipinski definition) is 1. The number of tetrazole rings is 1. The Morgan fingerprint density at radius 2 is 2.24 bits per heavy atom. The molecule has 0 aliphatic heterocycles. The van der Waals surface area contributed by atoms with Gasteiger partial charge in [-0.05, 0) is 40.8 Å². The van der Waals surface area contributed by atoms with Gasteiger partial charge in [0, 0.05) is 11.4 Å². The third-order valence-electron chi connectivity index (χ3n) is 2.79. The number of nitrogens with one attached hydrogen (secondary N) is 1. The lowest BCUT2D eigenvalue weighted by atomic mass is 10.2. The largest absolute Gasteiger partial charge is 0.379 e. The minimum absolute atomic E-state index is 0.602. The summed E-state index contributed by atoms with van der Waals surface area (Å²) in [5.74, 6) is 0. The van der Waals surface area contributed by atoms with Gasteiger partial charge in [0.05, 0.1) is 16.4 Å². The van der Waals surface area contributed by atoms with Gasteiger partial charge in [-0.25, -0.2) is 4.68 Å². The molecule has 0 spiro atoms. The number of benzene rings is 1. The van der Waals surface area contributed by atoms with Crippen molar-refractivity contribution >= 4 is 28.6 Å². The van der Waals surface area contributed by atoms with Crippen molar-refractivity contribution in [2.45, 2.75) is 6.54 Å². The first-order valence-corrected chi connectivity index (χ1v) is 7.21. The Balaban J connectivity index is 1.78. The highest BCUT2D eigenvalue weighted by Gasteiger charge is 2.06. The number of thiophene rings is 1. The van der Waals surface area contributed by atoms with Crippen LogP contribution in [-0.4, -0.2) is 20.2 Å². The van der Waals surface area contributed by atoms with Gasteiger partial charge in [0.15, 0.2) is 0 Å². The van der Waals surface area contributed by atoms with E-state index in [2.05, 4.69) is 26.9 Å². The van der Waals surface area contributed by atoms with Crippen LogP contribution in [0.4, 0.5) is 5.69 Å². The SMILES string of the molecule is N#Cc1ccc(CNc2cc(-n3cnnn3)ccc2Cl)s1. The van der Waals surface area contributed by atoms with Crippen LogP contribution in [0, 0.1) is 11.3 Å². The molecule has 0 aliphatic carbocycles. The van der Waals surface area contributed by atoms with Gasteiger partial charge in [0.2, 0.25) is 0 Å². The average molecular weight is 317 g/mol. The molecule has 3 aromatic rings. The minimum atomic E-state index is 0.602. The van der Waals surface area contributed by atoms with Gasteiger partial charge in [-0.3, -0.25) is 0 Å². The predicted molar refractivity (Wildman–Crippen MR) is 80.5 cm³/mol. The molecular weight excluding hydrogens is 308 g/mol. The molecular formula is C13H9ClN6S. The molecule has 2 aromatic heterocycles. The molecule has 0 radical (unpaired) electrons. The third kappa shape index (κ3) is 3.02. The maximum Gasteiger partial charge on any atom is 0.143 e. The van der Waals surface area contributed by atoms with Gasteiger partial charge < -0.3 is 5.32 Å². The lowest BCUT2D eigenvalue weighted by molar-refractivity contribution is 0.789. The zero-order chi connectivity index (χ0) is 14.7. The summed E-state index contributed by atoms with van der Waals surface area (Å²) in [6.45, 7) is 0.602. The summed E-state index contributed by atoms with van der Waals surface area (Å²) in [7, 11) is 0. The van der Waals surface area contributed by atoms with Crippen LogP contribution in [0.2, 0.25) is 5.02 Å². The van der Waals surface area contributed by atoms with Gasteiger partial charge in [0.1, 0.15) is 17.3 Å². The van der Waals surface area contributed by atoms with Crippen LogP contribution in [0.3, 0.4) is 0 Å². The Kier molecular flexibility index (Phi) is 3.81. The molecule has 3 rings (SSSR count). The molecule has 1 aromatic carbocycles. The molecule has 2 heterocycles. The highest BCUT2D eigenvalue weighted by Crippen LogP contribution is 2.26. The first kappa shape index (κ1) is 13.5. The summed E-state index contributed by atoms with van der Waals surface area (Å²) in [5.41, 5.74) is 1.60. The van der Waals surface area contributed by atoms with Gasteiger partial charge in [-0.15, -0.1) is 16.4 Å². The topological polar surface area (TPSA) is 79.4 Å². The highest BCUT2D eigenvalue weighted by molar-refractivity contribution is 7.12. The maximum atomic E-state index is 8.82. The standard InChI is InChI=1S/C13H9ClN6S/c14-12-4-1-9(20-8-17-18-19-20)5-13(12)16-7-11-3-2-10(6-15)21-11/h1-5,8,16H,7H2. The van der Waals surface area contributed by atoms with Crippen molar-refractivity contribution in [3.63, 3.8) is 0 Å². The van der Waals surface area contributed by atoms with E-state index in [1.165, 1.54) is 17.7 Å². The monoisotopic (exact) mass is 316 g/mol. The van der Waals surface area contributed by atoms with Crippen molar-refractivity contribution in [1.82, 2.24) is 20.2 Å². The number of halogens is 1. The summed E-state index contributed by atoms with van der Waals surface area (Å²) in [4.78, 5) is 1.76. The highest BCUT2D eigenvalue weighted by atomic mass is 35.5. The van der Waals surface area contributed by atoms with Crippen LogP contribution in [0.5, 0.6) is 0 Å². The fraction of sp³-hybridized carbons (Fsp3) is 0.0769. The summed E-state index contributed by atoms with van der Waals surface area (Å²) >= 11 is 7.64. The first-order chi connectivity index (χ1) is 10.3. The Labute approximate surface area is 129 Å².